The van der Waals surface area contributed by atoms with Gasteiger partial charge in [0.15, 0.2) is 0 Å². The molecule has 0 radical (unpaired) electrons. The summed E-state index contributed by atoms with van der Waals surface area (Å²) in [6.45, 7) is 1.32. The summed E-state index contributed by atoms with van der Waals surface area (Å²) in [5, 5.41) is 0. The van der Waals surface area contributed by atoms with Gasteiger partial charge in [-0.2, -0.15) is 0 Å². The standard InChI is InChI=1S/C5H12N.C4H8.Ga/c1-4-5-6(2)3;1-3-4-2;/h1,4-5H2,2-3H3;1-4H2;. The number of hydrogen-bond donors (Lipinski definition) is 0. The Morgan fingerprint density at radius 3 is 2.36 bits per heavy atom. The summed E-state index contributed by atoms with van der Waals surface area (Å²) in [6, 6.07) is 0. The normalized spacial score (nSPS) is 18.3. The van der Waals surface area contributed by atoms with Crippen molar-refractivity contribution in [1.29, 1.82) is 0 Å². The van der Waals surface area contributed by atoms with Crippen molar-refractivity contribution >= 4 is 16.2 Å². The third-order valence-corrected chi connectivity index (χ3v) is 10.4. The van der Waals surface area contributed by atoms with Crippen molar-refractivity contribution in [2.24, 2.45) is 0 Å². The predicted molar refractivity (Wildman–Crippen MR) is 52.6 cm³/mol. The fourth-order valence-electron chi connectivity index (χ4n) is 2.00. The minimum absolute atomic E-state index is 0.602. The maximum absolute atomic E-state index is 2.32. The number of nitrogens with zero attached hydrogens (tertiary/aromatic N) is 1. The van der Waals surface area contributed by atoms with Crippen LogP contribution in [0, 0.1) is 0 Å². The molecule has 0 aromatic heterocycles. The van der Waals surface area contributed by atoms with Crippen molar-refractivity contribution in [1.82, 2.24) is 4.90 Å². The first-order chi connectivity index (χ1) is 5.29. The van der Waals surface area contributed by atoms with Gasteiger partial charge in [-0.15, -0.1) is 0 Å². The van der Waals surface area contributed by atoms with E-state index in [2.05, 4.69) is 19.0 Å². The molecule has 1 aliphatic heterocycles. The molecular weight excluding hydrogens is 192 g/mol. The molecule has 0 unspecified atom stereocenters. The molecule has 1 aliphatic rings. The SMILES string of the molecule is CN(C)CC[CH2][Ga]1[CH2]CC[CH2]1. The Labute approximate surface area is 76.2 Å². The summed E-state index contributed by atoms with van der Waals surface area (Å²) in [5.74, 6) is 0. The topological polar surface area (TPSA) is 3.24 Å². The van der Waals surface area contributed by atoms with Crippen molar-refractivity contribution in [3.05, 3.63) is 0 Å². The van der Waals surface area contributed by atoms with Crippen LogP contribution in [0.3, 0.4) is 0 Å². The van der Waals surface area contributed by atoms with Gasteiger partial charge in [0, 0.05) is 0 Å². The Kier molecular flexibility index (Phi) is 4.65. The van der Waals surface area contributed by atoms with E-state index in [1.807, 2.05) is 0 Å². The van der Waals surface area contributed by atoms with E-state index in [0.29, 0.717) is 0 Å². The summed E-state index contributed by atoms with van der Waals surface area (Å²) in [6.07, 6.45) is 4.64. The van der Waals surface area contributed by atoms with Gasteiger partial charge in [-0.05, 0) is 0 Å². The average Bonchev–Trinajstić information content (AvgIpc) is 2.39. The molecular formula is C9H20GaN. The number of rotatable bonds is 4. The second kappa shape index (κ2) is 5.28. The summed E-state index contributed by atoms with van der Waals surface area (Å²) in [5.41, 5.74) is 0. The van der Waals surface area contributed by atoms with E-state index in [9.17, 15) is 0 Å². The zero-order valence-corrected chi connectivity index (χ0v) is 10.4. The molecule has 0 amide bonds. The van der Waals surface area contributed by atoms with Crippen LogP contribution in [0.2, 0.25) is 14.9 Å². The molecule has 0 aromatic carbocycles. The van der Waals surface area contributed by atoms with Crippen LogP contribution >= 0.6 is 0 Å². The van der Waals surface area contributed by atoms with Crippen molar-refractivity contribution in [3.63, 3.8) is 0 Å². The van der Waals surface area contributed by atoms with Gasteiger partial charge in [0.1, 0.15) is 0 Å². The second-order valence-electron chi connectivity index (χ2n) is 4.10. The van der Waals surface area contributed by atoms with Crippen molar-refractivity contribution in [2.75, 3.05) is 20.6 Å². The van der Waals surface area contributed by atoms with E-state index in [1.165, 1.54) is 13.0 Å². The van der Waals surface area contributed by atoms with Crippen molar-refractivity contribution in [2.45, 2.75) is 34.2 Å². The molecule has 2 heteroatoms. The molecule has 1 saturated heterocycles. The zero-order valence-electron chi connectivity index (χ0n) is 7.97. The van der Waals surface area contributed by atoms with Gasteiger partial charge >= 0.3 is 75.9 Å². The first kappa shape index (κ1) is 9.68. The summed E-state index contributed by atoms with van der Waals surface area (Å²) in [4.78, 5) is 7.36. The Bertz CT molecular complexity index is 97.7. The van der Waals surface area contributed by atoms with E-state index in [-0.39, 0.29) is 0 Å². The molecule has 64 valence electrons. The molecule has 1 nitrogen and oxygen atoms in total. The molecule has 0 aliphatic carbocycles. The third kappa shape index (κ3) is 4.24. The van der Waals surface area contributed by atoms with Gasteiger partial charge in [0.05, 0.1) is 0 Å². The van der Waals surface area contributed by atoms with E-state index < -0.39 is 16.2 Å². The van der Waals surface area contributed by atoms with Crippen LogP contribution in [0.5, 0.6) is 0 Å². The molecule has 11 heavy (non-hydrogen) atoms. The van der Waals surface area contributed by atoms with Crippen molar-refractivity contribution in [3.8, 4) is 0 Å². The first-order valence-corrected chi connectivity index (χ1v) is 10.1. The Morgan fingerprint density at radius 2 is 1.82 bits per heavy atom. The summed E-state index contributed by atoms with van der Waals surface area (Å²) < 4.78 is 0. The fraction of sp³-hybridized carbons (Fsp3) is 1.00. The Morgan fingerprint density at radius 1 is 1.18 bits per heavy atom. The zero-order chi connectivity index (χ0) is 8.10. The summed E-state index contributed by atoms with van der Waals surface area (Å²) in [7, 11) is 4.36. The molecule has 1 heterocycles. The maximum atomic E-state index is 2.32. The molecule has 0 aromatic rings. The minimum atomic E-state index is -0.602. The van der Waals surface area contributed by atoms with E-state index in [4.69, 9.17) is 0 Å². The van der Waals surface area contributed by atoms with Gasteiger partial charge < -0.3 is 0 Å². The molecule has 1 rings (SSSR count). The average molecular weight is 212 g/mol. The van der Waals surface area contributed by atoms with E-state index >= 15 is 0 Å². The van der Waals surface area contributed by atoms with Crippen LogP contribution in [0.15, 0.2) is 0 Å². The Balaban J connectivity index is 1.94. The van der Waals surface area contributed by atoms with Gasteiger partial charge in [-0.25, -0.2) is 0 Å². The van der Waals surface area contributed by atoms with Crippen LogP contribution in [-0.4, -0.2) is 41.8 Å². The quantitative estimate of drug-likeness (QED) is 0.645. The fourth-order valence-corrected chi connectivity index (χ4v) is 9.04. The third-order valence-electron chi connectivity index (χ3n) is 2.69. The van der Waals surface area contributed by atoms with Crippen LogP contribution in [0.25, 0.3) is 0 Å². The molecule has 0 bridgehead atoms. The molecule has 0 spiro atoms. The predicted octanol–water partition coefficient (Wildman–Crippen LogP) is 2.23. The number of hydrogen-bond acceptors (Lipinski definition) is 1. The van der Waals surface area contributed by atoms with Crippen LogP contribution in [-0.2, 0) is 0 Å². The second-order valence-corrected chi connectivity index (χ2v) is 11.4. The van der Waals surface area contributed by atoms with Gasteiger partial charge in [-0.3, -0.25) is 0 Å². The van der Waals surface area contributed by atoms with Gasteiger partial charge in [-0.1, -0.05) is 0 Å². The first-order valence-electron chi connectivity index (χ1n) is 4.94. The van der Waals surface area contributed by atoms with Gasteiger partial charge in [0.25, 0.3) is 0 Å². The molecule has 0 atom stereocenters. The van der Waals surface area contributed by atoms with E-state index in [0.717, 1.165) is 0 Å². The van der Waals surface area contributed by atoms with Crippen LogP contribution in [0.1, 0.15) is 19.3 Å². The summed E-state index contributed by atoms with van der Waals surface area (Å²) >= 11 is -0.602. The molecule has 0 N–H and O–H groups in total. The van der Waals surface area contributed by atoms with Gasteiger partial charge in [0.2, 0.25) is 0 Å². The molecule has 1 fully saturated rings. The van der Waals surface area contributed by atoms with Crippen LogP contribution in [0.4, 0.5) is 0 Å². The van der Waals surface area contributed by atoms with E-state index in [1.54, 1.807) is 27.8 Å². The monoisotopic (exact) mass is 211 g/mol. The molecule has 0 saturated carbocycles. The van der Waals surface area contributed by atoms with Crippen molar-refractivity contribution < 1.29 is 0 Å². The van der Waals surface area contributed by atoms with Crippen LogP contribution < -0.4 is 0 Å². The Hall–Kier alpha value is 0.596.